The van der Waals surface area contributed by atoms with Crippen molar-refractivity contribution in [3.8, 4) is 0 Å². The summed E-state index contributed by atoms with van der Waals surface area (Å²) in [6.45, 7) is 8.98. The van der Waals surface area contributed by atoms with Gasteiger partial charge in [0.1, 0.15) is 0 Å². The summed E-state index contributed by atoms with van der Waals surface area (Å²) in [6.07, 6.45) is 157. The van der Waals surface area contributed by atoms with E-state index in [9.17, 15) is 0 Å². The van der Waals surface area contributed by atoms with Crippen molar-refractivity contribution in [2.45, 2.75) is 772 Å². The number of unbranched alkanes of at least 4 members (excludes halogenated alkanes) is 8. The van der Waals surface area contributed by atoms with E-state index in [4.69, 9.17) is 0 Å². The normalized spacial score (nSPS) is 24.1. The van der Waals surface area contributed by atoms with Gasteiger partial charge in [-0.25, -0.2) is 0 Å². The van der Waals surface area contributed by atoms with Crippen LogP contribution in [0.3, 0.4) is 0 Å². The van der Waals surface area contributed by atoms with Crippen molar-refractivity contribution in [3.63, 3.8) is 0 Å². The Kier molecular flexibility index (Phi) is 113. The van der Waals surface area contributed by atoms with Crippen molar-refractivity contribution >= 4 is 155 Å². The van der Waals surface area contributed by atoms with Gasteiger partial charge in [0.15, 0.2) is 0 Å². The summed E-state index contributed by atoms with van der Waals surface area (Å²) in [6, 6.07) is 0. The predicted octanol–water partition coefficient (Wildman–Crippen LogP) is 43.1. The van der Waals surface area contributed by atoms with Gasteiger partial charge in [0.05, 0.1) is 102 Å². The zero-order valence-electron chi connectivity index (χ0n) is 93.8. The minimum atomic E-state index is -0.0465. The standard InChI is InChI=1S/6C18H33P.2C7H16.8S.6W/c6*1-4-10-16(11-5-1)19(17-12-6-2-7-13-17)18-14-8-3-9-15-18;2*1-3-5-7-6-4-2;;;;;;;;;;;;;;/h6*16-18H,1-15H2;2*3-7H2,1-2H3;;;;;;;;;;;;;;/q;;;;;;;;8*-2;;;;;2*+2/p+6. The van der Waals surface area contributed by atoms with Crippen LogP contribution in [-0.2, 0) is 234 Å². The molecule has 0 aromatic rings. The van der Waals surface area contributed by atoms with Crippen LogP contribution < -0.4 is 0 Å². The van der Waals surface area contributed by atoms with Crippen LogP contribution in [0.15, 0.2) is 0 Å². The largest absolute Gasteiger partial charge is 2.00 e. The molecule has 0 N–H and O–H groups in total. The number of rotatable bonds is 26. The zero-order valence-corrected chi connectivity index (χ0v) is 124. The SMILES string of the molecule is C1CCC([PH+](C2CCCCC2)C2CCCCC2)CC1.C1CCC([PH+](C2CCCCC2)C2CCCCC2)CC1.C1CCC([PH+](C2CCCCC2)C2CCCCC2)CC1.C1CCC([PH+](C2CCCCC2)C2CCCCC2)CC1.C1CCC([PH+](C2CCCCC2)C2CCCCC2)CC1.C1CCC([PH+](C2CCCCC2)C2CCCCC2)CC1.CCCCCCC.CCCCCCC.[S-2].[S-2].[S-2].[S-2].[S-2].[S-2].[S-2].[S-2].[W+2].[W+2].[W].[W].[W].[W]. The van der Waals surface area contributed by atoms with Gasteiger partial charge in [0, 0.05) is 132 Å². The third kappa shape index (κ3) is 60.5. The van der Waals surface area contributed by atoms with Crippen LogP contribution >= 0.6 is 47.5 Å². The van der Waals surface area contributed by atoms with E-state index in [1.165, 1.54) is 166 Å². The fourth-order valence-electron chi connectivity index (χ4n) is 33.2. The summed E-state index contributed by atoms with van der Waals surface area (Å²) in [5, 5.41) is 0. The van der Waals surface area contributed by atoms with Crippen LogP contribution in [0.2, 0.25) is 0 Å². The number of hydrogen-bond acceptors (Lipinski definition) is 0. The molecule has 142 heavy (non-hydrogen) atoms. The van der Waals surface area contributed by atoms with E-state index >= 15 is 0 Å². The summed E-state index contributed by atoms with van der Waals surface area (Å²) >= 11 is 0. The quantitative estimate of drug-likeness (QED) is 0.0598. The van der Waals surface area contributed by atoms with Crippen molar-refractivity contribution in [2.24, 2.45) is 0 Å². The molecule has 0 radical (unpaired) electrons. The molecular formula is C122H236P6S8W6-6. The molecule has 0 heterocycles. The maximum Gasteiger partial charge on any atom is 2.00 e. The second kappa shape index (κ2) is 102. The molecule has 20 heteroatoms. The summed E-state index contributed by atoms with van der Waals surface area (Å²) in [5.41, 5.74) is 22.1. The van der Waals surface area contributed by atoms with Crippen LogP contribution in [0.25, 0.3) is 0 Å². The van der Waals surface area contributed by atoms with Gasteiger partial charge in [-0.3, -0.25) is 0 Å². The Morgan fingerprint density at radius 3 is 0.211 bits per heavy atom. The van der Waals surface area contributed by atoms with Crippen molar-refractivity contribution in [1.29, 1.82) is 0 Å². The van der Waals surface area contributed by atoms with Crippen LogP contribution in [-0.4, -0.2) is 102 Å². The zero-order chi connectivity index (χ0) is 88.6. The topological polar surface area (TPSA) is 0 Å². The molecule has 18 saturated carbocycles. The van der Waals surface area contributed by atoms with Crippen LogP contribution in [0.5, 0.6) is 0 Å². The van der Waals surface area contributed by atoms with Gasteiger partial charge in [-0.05, 0) is 462 Å². The third-order valence-corrected chi connectivity index (χ3v) is 67.2. The molecule has 0 nitrogen and oxygen atoms in total. The van der Waals surface area contributed by atoms with Crippen LogP contribution in [0.4, 0.5) is 0 Å². The van der Waals surface area contributed by atoms with Gasteiger partial charge in [0.25, 0.3) is 0 Å². The fourth-order valence-corrected chi connectivity index (χ4v) is 64.5. The first-order valence-electron chi connectivity index (χ1n) is 62.7. The van der Waals surface area contributed by atoms with E-state index in [2.05, 4.69) is 27.7 Å². The van der Waals surface area contributed by atoms with Gasteiger partial charge in [-0.2, -0.15) is 0 Å². The second-order valence-corrected chi connectivity index (χ2v) is 69.8. The molecule has 0 spiro atoms. The molecule has 18 rings (SSSR count). The molecule has 844 valence electrons. The van der Waals surface area contributed by atoms with E-state index in [-0.39, 0.29) is 282 Å². The van der Waals surface area contributed by atoms with Gasteiger partial charge < -0.3 is 108 Å². The van der Waals surface area contributed by atoms with Crippen molar-refractivity contribution in [1.82, 2.24) is 0 Å². The Morgan fingerprint density at radius 1 is 0.106 bits per heavy atom. The average Bonchev–Trinajstić information content (AvgIpc) is 0.848. The van der Waals surface area contributed by atoms with E-state index in [0.717, 1.165) is 0 Å². The smallest absolute Gasteiger partial charge is 2.00 e. The summed E-state index contributed by atoms with van der Waals surface area (Å²) in [4.78, 5) is 0. The molecule has 0 aromatic carbocycles. The first-order chi connectivity index (χ1) is 63.5. The van der Waals surface area contributed by atoms with Crippen molar-refractivity contribution in [3.05, 3.63) is 0 Å². The predicted molar refractivity (Wildman–Crippen MR) is 661 cm³/mol. The monoisotopic (exact) mass is 3250 g/mol. The Labute approximate surface area is 1040 Å². The molecule has 0 amide bonds. The molecule has 0 atom stereocenters. The van der Waals surface area contributed by atoms with E-state index in [0.29, 0.717) is 0 Å². The molecular weight excluding hydrogens is 3010 g/mol. The van der Waals surface area contributed by atoms with Gasteiger partial charge >= 0.3 is 42.1 Å². The van der Waals surface area contributed by atoms with Crippen LogP contribution in [0.1, 0.15) is 670 Å². The molecule has 0 aromatic heterocycles. The Morgan fingerprint density at radius 2 is 0.162 bits per heavy atom. The second-order valence-electron chi connectivity index (χ2n) is 49.2. The Hall–Kier alpha value is 9.51. The summed E-state index contributed by atoms with van der Waals surface area (Å²) in [7, 11) is -0.279. The molecule has 0 bridgehead atoms. The van der Waals surface area contributed by atoms with Gasteiger partial charge in [-0.1, -0.05) is 207 Å². The summed E-state index contributed by atoms with van der Waals surface area (Å²) < 4.78 is 0. The molecule has 18 aliphatic carbocycles. The fraction of sp³-hybridized carbons (Fsp3) is 1.00. The maximum absolute atomic E-state index is 2.25. The van der Waals surface area contributed by atoms with E-state index in [1.807, 2.05) is 0 Å². The molecule has 0 unspecified atom stereocenters. The molecule has 0 aliphatic heterocycles. The third-order valence-electron chi connectivity index (χ3n) is 39.8. The van der Waals surface area contributed by atoms with Gasteiger partial charge in [0.2, 0.25) is 0 Å². The average molecular weight is 3250 g/mol. The Bertz CT molecular complexity index is 1870. The summed E-state index contributed by atoms with van der Waals surface area (Å²) in [5.74, 6) is 0. The van der Waals surface area contributed by atoms with Crippen molar-refractivity contribution < 1.29 is 126 Å². The first kappa shape index (κ1) is 158. The van der Waals surface area contributed by atoms with E-state index < -0.39 is 0 Å². The van der Waals surface area contributed by atoms with Crippen molar-refractivity contribution in [2.75, 3.05) is 0 Å². The number of hydrogen-bond donors (Lipinski definition) is 0. The van der Waals surface area contributed by atoms with Gasteiger partial charge in [-0.15, -0.1) is 0 Å². The Balaban J connectivity index is -0.000000768. The molecule has 18 aliphatic rings. The molecule has 18 fully saturated rings. The first-order valence-corrected chi connectivity index (χ1v) is 73.1. The minimum Gasteiger partial charge on any atom is -2.00 e. The molecule has 0 saturated heterocycles. The minimum absolute atomic E-state index is 0. The van der Waals surface area contributed by atoms with E-state index in [1.54, 1.807) is 578 Å². The maximum atomic E-state index is 2.25. The van der Waals surface area contributed by atoms with Crippen LogP contribution in [0, 0.1) is 0 Å².